The van der Waals surface area contributed by atoms with E-state index in [1.165, 1.54) is 16.4 Å². The lowest BCUT2D eigenvalue weighted by Crippen LogP contribution is -2.48. The van der Waals surface area contributed by atoms with Gasteiger partial charge in [-0.05, 0) is 43.2 Å². The fourth-order valence-corrected chi connectivity index (χ4v) is 6.14. The molecule has 168 valence electrons. The highest BCUT2D eigenvalue weighted by atomic mass is 32.2. The monoisotopic (exact) mass is 456 g/mol. The lowest BCUT2D eigenvalue weighted by Gasteiger charge is -2.39. The summed E-state index contributed by atoms with van der Waals surface area (Å²) < 4.78 is 38.0. The topological polar surface area (TPSA) is 93.2 Å². The molecule has 1 amide bonds. The molecule has 2 aromatic carbocycles. The first-order valence-corrected chi connectivity index (χ1v) is 12.1. The largest absolute Gasteiger partial charge is 0.449 e. The van der Waals surface area contributed by atoms with Crippen LogP contribution in [-0.2, 0) is 25.1 Å². The molecule has 32 heavy (non-hydrogen) atoms. The Balaban J connectivity index is 1.35. The summed E-state index contributed by atoms with van der Waals surface area (Å²) in [5, 5.41) is 0. The highest BCUT2D eigenvalue weighted by Gasteiger charge is 2.48. The number of benzene rings is 2. The molecule has 0 saturated carbocycles. The van der Waals surface area contributed by atoms with Gasteiger partial charge in [-0.25, -0.2) is 13.2 Å². The Morgan fingerprint density at radius 2 is 1.69 bits per heavy atom. The second-order valence-electron chi connectivity index (χ2n) is 8.30. The van der Waals surface area contributed by atoms with E-state index in [1.807, 2.05) is 12.1 Å². The Hall–Kier alpha value is -2.75. The number of fused-ring (bicyclic) bond motifs is 2. The number of rotatable bonds is 3. The fourth-order valence-electron chi connectivity index (χ4n) is 4.73. The molecule has 9 heteroatoms. The van der Waals surface area contributed by atoms with Crippen molar-refractivity contribution in [2.75, 3.05) is 39.4 Å². The van der Waals surface area contributed by atoms with Gasteiger partial charge in [-0.15, -0.1) is 0 Å². The number of likely N-dealkylation sites (tertiary alicyclic amines) is 1. The predicted molar refractivity (Wildman–Crippen MR) is 115 cm³/mol. The number of morpholine rings is 1. The smallest absolute Gasteiger partial charge is 0.339 e. The number of esters is 1. The molecule has 3 heterocycles. The maximum absolute atomic E-state index is 13.2. The molecule has 1 unspecified atom stereocenters. The van der Waals surface area contributed by atoms with Crippen LogP contribution in [0.1, 0.15) is 39.1 Å². The molecule has 0 aliphatic carbocycles. The Morgan fingerprint density at radius 1 is 0.969 bits per heavy atom. The maximum atomic E-state index is 13.2. The van der Waals surface area contributed by atoms with Crippen LogP contribution in [0.4, 0.5) is 0 Å². The second kappa shape index (κ2) is 7.99. The third-order valence-electron chi connectivity index (χ3n) is 6.38. The summed E-state index contributed by atoms with van der Waals surface area (Å²) in [5.41, 5.74) is 0.968. The van der Waals surface area contributed by atoms with Crippen LogP contribution in [0.5, 0.6) is 0 Å². The summed E-state index contributed by atoms with van der Waals surface area (Å²) in [6.45, 7) is 2.22. The van der Waals surface area contributed by atoms with Gasteiger partial charge in [0.25, 0.3) is 5.91 Å². The summed E-state index contributed by atoms with van der Waals surface area (Å²) in [7, 11) is -3.62. The number of hydrogen-bond acceptors (Lipinski definition) is 6. The summed E-state index contributed by atoms with van der Waals surface area (Å²) >= 11 is 0. The molecule has 5 rings (SSSR count). The minimum absolute atomic E-state index is 0.157. The minimum atomic E-state index is -3.62. The van der Waals surface area contributed by atoms with Gasteiger partial charge in [0.15, 0.2) is 5.60 Å². The summed E-state index contributed by atoms with van der Waals surface area (Å²) in [6, 6.07) is 13.4. The van der Waals surface area contributed by atoms with E-state index in [0.29, 0.717) is 56.8 Å². The van der Waals surface area contributed by atoms with Gasteiger partial charge < -0.3 is 14.4 Å². The van der Waals surface area contributed by atoms with Gasteiger partial charge in [-0.2, -0.15) is 4.31 Å². The number of nitrogens with zero attached hydrogens (tertiary/aromatic N) is 2. The van der Waals surface area contributed by atoms with Crippen LogP contribution in [-0.4, -0.2) is 68.9 Å². The highest BCUT2D eigenvalue weighted by molar-refractivity contribution is 7.89. The van der Waals surface area contributed by atoms with Crippen LogP contribution in [0.3, 0.4) is 0 Å². The molecule has 2 fully saturated rings. The summed E-state index contributed by atoms with van der Waals surface area (Å²) in [4.78, 5) is 27.4. The van der Waals surface area contributed by atoms with Crippen LogP contribution >= 0.6 is 0 Å². The van der Waals surface area contributed by atoms with Crippen LogP contribution in [0.25, 0.3) is 0 Å². The second-order valence-corrected chi connectivity index (χ2v) is 10.2. The summed E-state index contributed by atoms with van der Waals surface area (Å²) in [5.74, 6) is -0.563. The third-order valence-corrected chi connectivity index (χ3v) is 8.29. The lowest BCUT2D eigenvalue weighted by molar-refractivity contribution is -0.0442. The number of ether oxygens (including phenoxy) is 2. The highest BCUT2D eigenvalue weighted by Crippen LogP contribution is 2.43. The zero-order valence-electron chi connectivity index (χ0n) is 17.5. The molecule has 3 aliphatic heterocycles. The number of sulfonamides is 1. The average molecular weight is 457 g/mol. The number of amides is 1. The quantitative estimate of drug-likeness (QED) is 0.656. The molecule has 8 nitrogen and oxygen atoms in total. The van der Waals surface area contributed by atoms with E-state index < -0.39 is 15.6 Å². The fraction of sp³-hybridized carbons (Fsp3) is 0.391. The van der Waals surface area contributed by atoms with Gasteiger partial charge >= 0.3 is 5.97 Å². The molecule has 3 aliphatic rings. The molecule has 2 saturated heterocycles. The van der Waals surface area contributed by atoms with Gasteiger partial charge in [-0.1, -0.05) is 18.2 Å². The number of carbonyl (C=O) groups excluding carboxylic acids is 2. The first-order valence-electron chi connectivity index (χ1n) is 10.7. The van der Waals surface area contributed by atoms with Crippen molar-refractivity contribution in [1.82, 2.24) is 9.21 Å². The summed E-state index contributed by atoms with van der Waals surface area (Å²) in [6.07, 6.45) is 1.37. The van der Waals surface area contributed by atoms with Crippen LogP contribution in [0.2, 0.25) is 0 Å². The number of piperidine rings is 1. The molecule has 2 aromatic rings. The molecule has 0 N–H and O–H groups in total. The minimum Gasteiger partial charge on any atom is -0.449 e. The van der Waals surface area contributed by atoms with Crippen LogP contribution < -0.4 is 0 Å². The molecule has 1 spiro atoms. The van der Waals surface area contributed by atoms with Crippen molar-refractivity contribution in [3.05, 3.63) is 65.2 Å². The SMILES string of the molecule is O=C1OC2(CCCN(C(=O)c3ccc(S(=O)(=O)N4CCOCC4)cc3)C2)c2ccccc21. The zero-order chi connectivity index (χ0) is 22.3. The van der Waals surface area contributed by atoms with E-state index in [2.05, 4.69) is 0 Å². The molecular formula is C23H24N2O6S. The van der Waals surface area contributed by atoms with E-state index in [0.717, 1.165) is 5.56 Å². The van der Waals surface area contributed by atoms with Gasteiger partial charge in [0.1, 0.15) is 0 Å². The van der Waals surface area contributed by atoms with Crippen molar-refractivity contribution >= 4 is 21.9 Å². The molecule has 1 atom stereocenters. The first-order chi connectivity index (χ1) is 15.4. The molecule has 0 bridgehead atoms. The lowest BCUT2D eigenvalue weighted by atomic mass is 9.85. The number of hydrogen-bond donors (Lipinski definition) is 0. The first kappa shape index (κ1) is 21.1. The average Bonchev–Trinajstić information content (AvgIpc) is 3.10. The van der Waals surface area contributed by atoms with Crippen molar-refractivity contribution < 1.29 is 27.5 Å². The Bertz CT molecular complexity index is 1160. The Morgan fingerprint density at radius 3 is 2.44 bits per heavy atom. The van der Waals surface area contributed by atoms with Crippen molar-refractivity contribution in [2.45, 2.75) is 23.3 Å². The van der Waals surface area contributed by atoms with Gasteiger partial charge in [0.05, 0.1) is 30.2 Å². The Kier molecular flexibility index (Phi) is 5.27. The van der Waals surface area contributed by atoms with E-state index in [4.69, 9.17) is 9.47 Å². The number of carbonyl (C=O) groups is 2. The van der Waals surface area contributed by atoms with E-state index in [1.54, 1.807) is 29.2 Å². The van der Waals surface area contributed by atoms with Crippen molar-refractivity contribution in [3.8, 4) is 0 Å². The van der Waals surface area contributed by atoms with Crippen molar-refractivity contribution in [2.24, 2.45) is 0 Å². The van der Waals surface area contributed by atoms with Crippen LogP contribution in [0, 0.1) is 0 Å². The third kappa shape index (κ3) is 3.50. The van der Waals surface area contributed by atoms with Gasteiger partial charge in [-0.3, -0.25) is 4.79 Å². The zero-order valence-corrected chi connectivity index (χ0v) is 18.3. The normalized spacial score (nSPS) is 23.8. The predicted octanol–water partition coefficient (Wildman–Crippen LogP) is 2.01. The van der Waals surface area contributed by atoms with E-state index in [-0.39, 0.29) is 23.3 Å². The van der Waals surface area contributed by atoms with Crippen molar-refractivity contribution in [1.29, 1.82) is 0 Å². The maximum Gasteiger partial charge on any atom is 0.339 e. The van der Waals surface area contributed by atoms with E-state index >= 15 is 0 Å². The molecule has 0 radical (unpaired) electrons. The molecular weight excluding hydrogens is 432 g/mol. The Labute approximate surface area is 186 Å². The van der Waals surface area contributed by atoms with Gasteiger partial charge in [0, 0.05) is 30.8 Å². The molecule has 0 aromatic heterocycles. The van der Waals surface area contributed by atoms with Crippen molar-refractivity contribution in [3.63, 3.8) is 0 Å². The van der Waals surface area contributed by atoms with Crippen LogP contribution in [0.15, 0.2) is 53.4 Å². The van der Waals surface area contributed by atoms with Gasteiger partial charge in [0.2, 0.25) is 10.0 Å². The van der Waals surface area contributed by atoms with E-state index in [9.17, 15) is 18.0 Å². The standard InChI is InChI=1S/C23H24N2O6S/c26-21(17-6-8-18(9-7-17)32(28,29)25-12-14-30-15-13-25)24-11-3-10-23(16-24)20-5-2-1-4-19(20)22(27)31-23/h1-2,4-9H,3,10-16H2.